The van der Waals surface area contributed by atoms with Gasteiger partial charge in [0.05, 0.1) is 17.3 Å². The lowest BCUT2D eigenvalue weighted by Gasteiger charge is -2.07. The van der Waals surface area contributed by atoms with Crippen LogP contribution < -0.4 is 5.32 Å². The van der Waals surface area contributed by atoms with Crippen LogP contribution in [-0.2, 0) is 13.6 Å². The molecule has 15 heavy (non-hydrogen) atoms. The van der Waals surface area contributed by atoms with Gasteiger partial charge in [-0.05, 0) is 6.07 Å². The molecular weight excluding hydrogens is 212 g/mol. The van der Waals surface area contributed by atoms with Gasteiger partial charge in [0.1, 0.15) is 5.82 Å². The molecular formula is C10H11ClN4. The van der Waals surface area contributed by atoms with E-state index in [0.717, 1.165) is 11.5 Å². The number of anilines is 1. The van der Waals surface area contributed by atoms with Crippen LogP contribution >= 0.6 is 11.6 Å². The van der Waals surface area contributed by atoms with Crippen LogP contribution in [0, 0.1) is 0 Å². The Balaban J connectivity index is 2.06. The fourth-order valence-corrected chi connectivity index (χ4v) is 1.45. The number of rotatable bonds is 3. The fourth-order valence-electron chi connectivity index (χ4n) is 1.26. The van der Waals surface area contributed by atoms with Crippen LogP contribution in [0.4, 0.5) is 5.69 Å². The van der Waals surface area contributed by atoms with Crippen molar-refractivity contribution in [2.24, 2.45) is 7.05 Å². The monoisotopic (exact) mass is 222 g/mol. The van der Waals surface area contributed by atoms with E-state index in [1.165, 1.54) is 0 Å². The number of aryl methyl sites for hydroxylation is 1. The minimum absolute atomic E-state index is 0.617. The molecule has 0 radical (unpaired) electrons. The highest BCUT2D eigenvalue weighted by molar-refractivity contribution is 6.33. The summed E-state index contributed by atoms with van der Waals surface area (Å²) in [7, 11) is 1.96. The predicted octanol–water partition coefficient (Wildman–Crippen LogP) is 2.08. The van der Waals surface area contributed by atoms with Crippen molar-refractivity contribution in [3.63, 3.8) is 0 Å². The molecule has 0 aromatic carbocycles. The Morgan fingerprint density at radius 3 is 3.00 bits per heavy atom. The summed E-state index contributed by atoms with van der Waals surface area (Å²) in [5.74, 6) is 0.961. The van der Waals surface area contributed by atoms with E-state index in [1.807, 2.05) is 23.9 Å². The number of halogens is 1. The lowest BCUT2D eigenvalue weighted by atomic mass is 10.4. The molecule has 2 aromatic rings. The summed E-state index contributed by atoms with van der Waals surface area (Å²) in [6.07, 6.45) is 6.99. The molecule has 0 aliphatic rings. The Kier molecular flexibility index (Phi) is 2.87. The zero-order chi connectivity index (χ0) is 10.7. The van der Waals surface area contributed by atoms with Gasteiger partial charge in [-0.25, -0.2) is 4.98 Å². The van der Waals surface area contributed by atoms with Crippen molar-refractivity contribution in [2.45, 2.75) is 6.54 Å². The lowest BCUT2D eigenvalue weighted by molar-refractivity contribution is 0.813. The van der Waals surface area contributed by atoms with Crippen molar-refractivity contribution in [3.8, 4) is 0 Å². The largest absolute Gasteiger partial charge is 0.377 e. The molecule has 2 heterocycles. The second kappa shape index (κ2) is 4.31. The number of hydrogen-bond donors (Lipinski definition) is 1. The lowest BCUT2D eigenvalue weighted by Crippen LogP contribution is -2.05. The van der Waals surface area contributed by atoms with E-state index in [2.05, 4.69) is 15.3 Å². The number of nitrogens with zero attached hydrogens (tertiary/aromatic N) is 3. The van der Waals surface area contributed by atoms with E-state index >= 15 is 0 Å². The topological polar surface area (TPSA) is 42.7 Å². The van der Waals surface area contributed by atoms with Crippen molar-refractivity contribution < 1.29 is 0 Å². The molecule has 5 heteroatoms. The highest BCUT2D eigenvalue weighted by atomic mass is 35.5. The van der Waals surface area contributed by atoms with Gasteiger partial charge in [0.15, 0.2) is 0 Å². The summed E-state index contributed by atoms with van der Waals surface area (Å²) in [5.41, 5.74) is 0.870. The molecule has 4 nitrogen and oxygen atoms in total. The minimum atomic E-state index is 0.617. The maximum atomic E-state index is 5.95. The highest BCUT2D eigenvalue weighted by Crippen LogP contribution is 2.19. The summed E-state index contributed by atoms with van der Waals surface area (Å²) in [5, 5.41) is 3.82. The second-order valence-corrected chi connectivity index (χ2v) is 3.57. The van der Waals surface area contributed by atoms with Gasteiger partial charge < -0.3 is 9.88 Å². The third-order valence-corrected chi connectivity index (χ3v) is 2.43. The van der Waals surface area contributed by atoms with Crippen LogP contribution in [-0.4, -0.2) is 14.5 Å². The van der Waals surface area contributed by atoms with E-state index in [9.17, 15) is 0 Å². The molecule has 0 bridgehead atoms. The third-order valence-electron chi connectivity index (χ3n) is 2.13. The molecule has 2 aromatic heterocycles. The van der Waals surface area contributed by atoms with Crippen LogP contribution in [0.15, 0.2) is 30.9 Å². The van der Waals surface area contributed by atoms with Gasteiger partial charge in [0, 0.05) is 31.8 Å². The Labute approximate surface area is 92.9 Å². The van der Waals surface area contributed by atoms with Crippen molar-refractivity contribution in [3.05, 3.63) is 41.7 Å². The molecule has 0 saturated carbocycles. The zero-order valence-electron chi connectivity index (χ0n) is 8.31. The maximum absolute atomic E-state index is 5.95. The Hall–Kier alpha value is -1.55. The molecule has 1 N–H and O–H groups in total. The number of pyridine rings is 1. The Morgan fingerprint density at radius 2 is 2.33 bits per heavy atom. The summed E-state index contributed by atoms with van der Waals surface area (Å²) in [6, 6.07) is 1.84. The molecule has 0 spiro atoms. The molecule has 0 unspecified atom stereocenters. The van der Waals surface area contributed by atoms with Crippen LogP contribution in [0.2, 0.25) is 5.02 Å². The minimum Gasteiger partial charge on any atom is -0.377 e. The molecule has 0 atom stereocenters. The van der Waals surface area contributed by atoms with Crippen LogP contribution in [0.5, 0.6) is 0 Å². The summed E-state index contributed by atoms with van der Waals surface area (Å²) in [6.45, 7) is 0.646. The molecule has 78 valence electrons. The van der Waals surface area contributed by atoms with Gasteiger partial charge in [-0.1, -0.05) is 11.6 Å². The van der Waals surface area contributed by atoms with Crippen molar-refractivity contribution in [2.75, 3.05) is 5.32 Å². The Morgan fingerprint density at radius 1 is 1.47 bits per heavy atom. The molecule has 0 saturated heterocycles. The average molecular weight is 223 g/mol. The first-order chi connectivity index (χ1) is 7.27. The Bertz CT molecular complexity index is 452. The van der Waals surface area contributed by atoms with Gasteiger partial charge in [0.25, 0.3) is 0 Å². The van der Waals surface area contributed by atoms with Crippen molar-refractivity contribution in [1.29, 1.82) is 0 Å². The van der Waals surface area contributed by atoms with Crippen molar-refractivity contribution >= 4 is 17.3 Å². The fraction of sp³-hybridized carbons (Fsp3) is 0.200. The van der Waals surface area contributed by atoms with Gasteiger partial charge >= 0.3 is 0 Å². The van der Waals surface area contributed by atoms with E-state index < -0.39 is 0 Å². The quantitative estimate of drug-likeness (QED) is 0.865. The van der Waals surface area contributed by atoms with Crippen LogP contribution in [0.1, 0.15) is 5.82 Å². The first kappa shape index (κ1) is 9.98. The third kappa shape index (κ3) is 2.27. The highest BCUT2D eigenvalue weighted by Gasteiger charge is 2.01. The number of hydrogen-bond acceptors (Lipinski definition) is 3. The molecule has 0 aliphatic carbocycles. The predicted molar refractivity (Wildman–Crippen MR) is 59.8 cm³/mol. The summed E-state index contributed by atoms with van der Waals surface area (Å²) in [4.78, 5) is 8.12. The van der Waals surface area contributed by atoms with Gasteiger partial charge in [0.2, 0.25) is 0 Å². The SMILES string of the molecule is Cn1ccnc1CNc1ccncc1Cl. The van der Waals surface area contributed by atoms with Gasteiger partial charge in [-0.3, -0.25) is 4.98 Å². The first-order valence-corrected chi connectivity index (χ1v) is 4.95. The number of imidazole rings is 1. The molecule has 0 fully saturated rings. The van der Waals surface area contributed by atoms with Gasteiger partial charge in [-0.15, -0.1) is 0 Å². The molecule has 2 rings (SSSR count). The summed E-state index contributed by atoms with van der Waals surface area (Å²) < 4.78 is 1.96. The van der Waals surface area contributed by atoms with E-state index in [1.54, 1.807) is 18.6 Å². The van der Waals surface area contributed by atoms with E-state index in [4.69, 9.17) is 11.6 Å². The van der Waals surface area contributed by atoms with E-state index in [-0.39, 0.29) is 0 Å². The smallest absolute Gasteiger partial charge is 0.127 e. The average Bonchev–Trinajstić information content (AvgIpc) is 2.63. The summed E-state index contributed by atoms with van der Waals surface area (Å²) >= 11 is 5.95. The second-order valence-electron chi connectivity index (χ2n) is 3.16. The zero-order valence-corrected chi connectivity index (χ0v) is 9.07. The number of aromatic nitrogens is 3. The molecule has 0 amide bonds. The normalized spacial score (nSPS) is 10.3. The van der Waals surface area contributed by atoms with Gasteiger partial charge in [-0.2, -0.15) is 0 Å². The first-order valence-electron chi connectivity index (χ1n) is 4.57. The standard InChI is InChI=1S/C10H11ClN4/c1-15-5-4-13-10(15)7-14-9-2-3-12-6-8(9)11/h2-6H,7H2,1H3,(H,12,14). The van der Waals surface area contributed by atoms with Crippen molar-refractivity contribution in [1.82, 2.24) is 14.5 Å². The molecule has 0 aliphatic heterocycles. The van der Waals surface area contributed by atoms with Crippen LogP contribution in [0.3, 0.4) is 0 Å². The maximum Gasteiger partial charge on any atom is 0.127 e. The van der Waals surface area contributed by atoms with E-state index in [0.29, 0.717) is 11.6 Å². The number of nitrogens with one attached hydrogen (secondary N) is 1. The van der Waals surface area contributed by atoms with Crippen LogP contribution in [0.25, 0.3) is 0 Å².